The second-order valence-electron chi connectivity index (χ2n) is 8.55. The first-order valence-corrected chi connectivity index (χ1v) is 13.5. The molecule has 2 nitrogen and oxygen atoms in total. The van der Waals surface area contributed by atoms with Crippen LogP contribution in [0.4, 0.5) is 34.1 Å². The van der Waals surface area contributed by atoms with Gasteiger partial charge in [-0.15, -0.1) is 11.3 Å². The van der Waals surface area contributed by atoms with E-state index in [1.165, 1.54) is 0 Å². The third kappa shape index (κ3) is 4.58. The van der Waals surface area contributed by atoms with Crippen LogP contribution in [0.15, 0.2) is 133 Å². The highest BCUT2D eigenvalue weighted by molar-refractivity contribution is 7.17. The fourth-order valence-corrected chi connectivity index (χ4v) is 6.08. The molecule has 0 saturated carbocycles. The minimum absolute atomic E-state index is 0.660. The van der Waals surface area contributed by atoms with Gasteiger partial charge in [0.05, 0.1) is 22.1 Å². The molecule has 6 rings (SSSR count). The largest absolute Gasteiger partial charge is 0.309 e. The average molecular weight is 538 g/mol. The molecule has 1 aromatic heterocycles. The van der Waals surface area contributed by atoms with Crippen LogP contribution in [-0.2, 0) is 0 Å². The fraction of sp³-hybridized carbons (Fsp3) is 0. The number of thiophene rings is 1. The Kier molecular flexibility index (Phi) is 6.58. The van der Waals surface area contributed by atoms with Crippen molar-refractivity contribution in [3.05, 3.63) is 143 Å². The highest BCUT2D eigenvalue weighted by Crippen LogP contribution is 2.48. The third-order valence-electron chi connectivity index (χ3n) is 6.24. The van der Waals surface area contributed by atoms with Crippen molar-refractivity contribution in [3.8, 4) is 0 Å². The van der Waals surface area contributed by atoms with Gasteiger partial charge < -0.3 is 9.80 Å². The molecule has 0 N–H and O–H groups in total. The van der Waals surface area contributed by atoms with Gasteiger partial charge in [-0.3, -0.25) is 0 Å². The summed E-state index contributed by atoms with van der Waals surface area (Å²) in [6.07, 6.45) is 0. The van der Waals surface area contributed by atoms with Crippen LogP contribution in [0, 0.1) is 0 Å². The lowest BCUT2D eigenvalue weighted by molar-refractivity contribution is 1.26. The number of hydrogen-bond donors (Lipinski definition) is 0. The zero-order valence-electron chi connectivity index (χ0n) is 19.8. The van der Waals surface area contributed by atoms with Gasteiger partial charge in [0.25, 0.3) is 0 Å². The molecule has 0 radical (unpaired) electrons. The van der Waals surface area contributed by atoms with Crippen LogP contribution in [0.25, 0.3) is 10.1 Å². The smallest absolute Gasteiger partial charge is 0.0887 e. The van der Waals surface area contributed by atoms with E-state index in [4.69, 9.17) is 23.2 Å². The molecule has 1 heterocycles. The van der Waals surface area contributed by atoms with Crippen molar-refractivity contribution in [1.29, 1.82) is 0 Å². The van der Waals surface area contributed by atoms with E-state index in [9.17, 15) is 0 Å². The first-order valence-electron chi connectivity index (χ1n) is 11.9. The summed E-state index contributed by atoms with van der Waals surface area (Å²) < 4.78 is 1.13. The molecular formula is C32H22Cl2N2S. The van der Waals surface area contributed by atoms with Gasteiger partial charge in [0.1, 0.15) is 0 Å². The Morgan fingerprint density at radius 2 is 1.00 bits per heavy atom. The molecule has 0 bridgehead atoms. The Labute approximate surface area is 230 Å². The van der Waals surface area contributed by atoms with E-state index in [2.05, 4.69) is 75.8 Å². The van der Waals surface area contributed by atoms with Gasteiger partial charge in [-0.2, -0.15) is 0 Å². The maximum Gasteiger partial charge on any atom is 0.0887 e. The van der Waals surface area contributed by atoms with E-state index in [-0.39, 0.29) is 0 Å². The van der Waals surface area contributed by atoms with Crippen molar-refractivity contribution in [1.82, 2.24) is 0 Å². The summed E-state index contributed by atoms with van der Waals surface area (Å²) in [5.74, 6) is 0. The summed E-state index contributed by atoms with van der Waals surface area (Å²) in [5.41, 5.74) is 5.97. The SMILES string of the molecule is Clc1ccc2c(N(c3ccccc3)c3cccc(N(c4ccccc4)c4ccccc4)c3Cl)csc2c1. The van der Waals surface area contributed by atoms with Gasteiger partial charge in [-0.05, 0) is 66.7 Å². The second kappa shape index (κ2) is 10.3. The van der Waals surface area contributed by atoms with Gasteiger partial charge >= 0.3 is 0 Å². The number of nitrogens with zero attached hydrogens (tertiary/aromatic N) is 2. The van der Waals surface area contributed by atoms with Crippen molar-refractivity contribution < 1.29 is 0 Å². The minimum atomic E-state index is 0.660. The summed E-state index contributed by atoms with van der Waals surface area (Å²) in [6.45, 7) is 0. The van der Waals surface area contributed by atoms with Crippen LogP contribution >= 0.6 is 34.5 Å². The van der Waals surface area contributed by atoms with Crippen LogP contribution in [0.5, 0.6) is 0 Å². The lowest BCUT2D eigenvalue weighted by Gasteiger charge is -2.30. The quantitative estimate of drug-likeness (QED) is 0.209. The van der Waals surface area contributed by atoms with Crippen LogP contribution < -0.4 is 9.80 Å². The van der Waals surface area contributed by atoms with E-state index in [0.717, 1.165) is 49.2 Å². The molecule has 180 valence electrons. The summed E-state index contributed by atoms with van der Waals surface area (Å²) in [7, 11) is 0. The van der Waals surface area contributed by atoms with E-state index in [1.807, 2.05) is 66.7 Å². The second-order valence-corrected chi connectivity index (χ2v) is 10.3. The Hall–Kier alpha value is -3.76. The predicted molar refractivity (Wildman–Crippen MR) is 161 cm³/mol. The number of rotatable bonds is 6. The minimum Gasteiger partial charge on any atom is -0.309 e. The first-order chi connectivity index (χ1) is 18.2. The molecule has 37 heavy (non-hydrogen) atoms. The van der Waals surface area contributed by atoms with E-state index >= 15 is 0 Å². The van der Waals surface area contributed by atoms with Crippen molar-refractivity contribution in [2.45, 2.75) is 0 Å². The third-order valence-corrected chi connectivity index (χ3v) is 7.80. The van der Waals surface area contributed by atoms with E-state index in [0.29, 0.717) is 5.02 Å². The van der Waals surface area contributed by atoms with Crippen molar-refractivity contribution in [2.75, 3.05) is 9.80 Å². The summed E-state index contributed by atoms with van der Waals surface area (Å²) in [4.78, 5) is 4.42. The van der Waals surface area contributed by atoms with Crippen molar-refractivity contribution in [2.24, 2.45) is 0 Å². The zero-order chi connectivity index (χ0) is 25.2. The fourth-order valence-electron chi connectivity index (χ4n) is 4.58. The number of para-hydroxylation sites is 3. The first kappa shape index (κ1) is 23.6. The Morgan fingerprint density at radius 3 is 1.57 bits per heavy atom. The number of anilines is 6. The Bertz CT molecular complexity index is 1610. The number of hydrogen-bond acceptors (Lipinski definition) is 3. The zero-order valence-corrected chi connectivity index (χ0v) is 22.1. The Morgan fingerprint density at radius 1 is 0.486 bits per heavy atom. The molecular weight excluding hydrogens is 515 g/mol. The molecule has 5 aromatic carbocycles. The van der Waals surface area contributed by atoms with Crippen molar-refractivity contribution in [3.63, 3.8) is 0 Å². The molecule has 0 amide bonds. The normalized spacial score (nSPS) is 11.0. The molecule has 0 aliphatic carbocycles. The standard InChI is InChI=1S/C32H22Cl2N2S/c33-23-19-20-27-30(22-37-31(27)21-23)36(26-15-8-3-9-16-26)29-18-10-17-28(32(29)34)35(24-11-4-1-5-12-24)25-13-6-2-7-14-25/h1-22H. The maximum atomic E-state index is 7.34. The topological polar surface area (TPSA) is 6.48 Å². The molecule has 5 heteroatoms. The molecule has 0 aliphatic rings. The molecule has 0 spiro atoms. The van der Waals surface area contributed by atoms with Crippen LogP contribution in [0.2, 0.25) is 10.0 Å². The van der Waals surface area contributed by atoms with Crippen LogP contribution in [-0.4, -0.2) is 0 Å². The maximum absolute atomic E-state index is 7.34. The predicted octanol–water partition coefficient (Wildman–Crippen LogP) is 11.1. The van der Waals surface area contributed by atoms with E-state index in [1.54, 1.807) is 11.3 Å². The van der Waals surface area contributed by atoms with Crippen LogP contribution in [0.3, 0.4) is 0 Å². The summed E-state index contributed by atoms with van der Waals surface area (Å²) in [5, 5.41) is 4.69. The van der Waals surface area contributed by atoms with Gasteiger partial charge in [-0.25, -0.2) is 0 Å². The average Bonchev–Trinajstić information content (AvgIpc) is 3.35. The lowest BCUT2D eigenvalue weighted by atomic mass is 10.1. The van der Waals surface area contributed by atoms with Gasteiger partial charge in [-0.1, -0.05) is 83.9 Å². The molecule has 0 saturated heterocycles. The molecule has 0 fully saturated rings. The van der Waals surface area contributed by atoms with Gasteiger partial charge in [0.2, 0.25) is 0 Å². The number of benzene rings is 5. The van der Waals surface area contributed by atoms with Crippen molar-refractivity contribution >= 4 is 78.7 Å². The molecule has 0 aliphatic heterocycles. The summed E-state index contributed by atoms with van der Waals surface area (Å²) >= 11 is 15.3. The lowest BCUT2D eigenvalue weighted by Crippen LogP contribution is -2.14. The number of fused-ring (bicyclic) bond motifs is 1. The molecule has 0 atom stereocenters. The highest BCUT2D eigenvalue weighted by atomic mass is 35.5. The van der Waals surface area contributed by atoms with Gasteiger partial charge in [0, 0.05) is 37.6 Å². The Balaban J connectivity index is 1.57. The molecule has 0 unspecified atom stereocenters. The number of halogens is 2. The van der Waals surface area contributed by atoms with Gasteiger partial charge in [0.15, 0.2) is 0 Å². The highest BCUT2D eigenvalue weighted by Gasteiger charge is 2.23. The van der Waals surface area contributed by atoms with Crippen LogP contribution in [0.1, 0.15) is 0 Å². The monoisotopic (exact) mass is 536 g/mol. The van der Waals surface area contributed by atoms with E-state index < -0.39 is 0 Å². The summed E-state index contributed by atoms with van der Waals surface area (Å²) in [6, 6.07) is 43.2. The molecule has 6 aromatic rings.